The second-order valence-electron chi connectivity index (χ2n) is 7.56. The van der Waals surface area contributed by atoms with Gasteiger partial charge in [0.25, 0.3) is 0 Å². The lowest BCUT2D eigenvalue weighted by molar-refractivity contribution is -0.138. The zero-order valence-electron chi connectivity index (χ0n) is 17.1. The van der Waals surface area contributed by atoms with Gasteiger partial charge in [0.15, 0.2) is 0 Å². The van der Waals surface area contributed by atoms with Gasteiger partial charge in [0.1, 0.15) is 11.5 Å². The maximum absolute atomic E-state index is 13.3. The van der Waals surface area contributed by atoms with E-state index >= 15 is 0 Å². The molecule has 2 atom stereocenters. The van der Waals surface area contributed by atoms with Crippen LogP contribution in [0, 0.1) is 11.8 Å². The Morgan fingerprint density at radius 2 is 1.75 bits per heavy atom. The maximum atomic E-state index is 13.3. The van der Waals surface area contributed by atoms with Gasteiger partial charge < -0.3 is 14.4 Å². The Labute approximate surface area is 167 Å². The predicted molar refractivity (Wildman–Crippen MR) is 111 cm³/mol. The van der Waals surface area contributed by atoms with Crippen LogP contribution in [0.2, 0.25) is 0 Å². The number of carbonyl (C=O) groups excluding carboxylic acids is 1. The number of carbonyl (C=O) groups is 1. The topological polar surface area (TPSA) is 38.8 Å². The minimum absolute atomic E-state index is 0.0247. The standard InChI is InChI=1S/C24H29NO3/c1-17(2)22-13-11-20(14-18-8-6-5-7-9-18)25(24(22)26)16-19-10-12-21(27-3)15-23(19)28-4/h5-13,15,17,20,22H,14,16H2,1-4H3/t20-,22+/m1/s1. The average molecular weight is 380 g/mol. The number of nitrogens with zero attached hydrogens (tertiary/aromatic N) is 1. The molecule has 0 spiro atoms. The summed E-state index contributed by atoms with van der Waals surface area (Å²) in [4.78, 5) is 15.3. The fourth-order valence-corrected chi connectivity index (χ4v) is 3.69. The van der Waals surface area contributed by atoms with Crippen LogP contribution in [0.25, 0.3) is 0 Å². The van der Waals surface area contributed by atoms with Gasteiger partial charge in [0, 0.05) is 18.2 Å². The molecule has 0 fully saturated rings. The highest BCUT2D eigenvalue weighted by Gasteiger charge is 2.33. The Hall–Kier alpha value is -2.75. The summed E-state index contributed by atoms with van der Waals surface area (Å²) in [6, 6.07) is 16.1. The fourth-order valence-electron chi connectivity index (χ4n) is 3.69. The Bertz CT molecular complexity index is 829. The SMILES string of the molecule is COc1ccc(CN2C(=O)[C@H](C(C)C)C=C[C@@H]2Cc2ccccc2)c(OC)c1. The first-order chi connectivity index (χ1) is 13.5. The highest BCUT2D eigenvalue weighted by Crippen LogP contribution is 2.30. The van der Waals surface area contributed by atoms with Crippen LogP contribution in [0.3, 0.4) is 0 Å². The number of benzene rings is 2. The molecule has 0 aliphatic carbocycles. The molecule has 0 N–H and O–H groups in total. The zero-order chi connectivity index (χ0) is 20.1. The molecule has 3 rings (SSSR count). The van der Waals surface area contributed by atoms with E-state index in [2.05, 4.69) is 38.1 Å². The summed E-state index contributed by atoms with van der Waals surface area (Å²) in [7, 11) is 3.28. The Morgan fingerprint density at radius 3 is 2.39 bits per heavy atom. The van der Waals surface area contributed by atoms with Crippen molar-refractivity contribution in [1.29, 1.82) is 0 Å². The van der Waals surface area contributed by atoms with Crippen LogP contribution in [0.4, 0.5) is 0 Å². The quantitative estimate of drug-likeness (QED) is 0.666. The van der Waals surface area contributed by atoms with Crippen LogP contribution in [-0.2, 0) is 17.8 Å². The van der Waals surface area contributed by atoms with E-state index in [1.165, 1.54) is 5.56 Å². The van der Waals surface area contributed by atoms with E-state index in [0.717, 1.165) is 23.5 Å². The zero-order valence-corrected chi connectivity index (χ0v) is 17.1. The molecule has 148 valence electrons. The van der Waals surface area contributed by atoms with E-state index in [1.807, 2.05) is 41.3 Å². The molecular formula is C24H29NO3. The monoisotopic (exact) mass is 379 g/mol. The van der Waals surface area contributed by atoms with Crippen molar-refractivity contribution in [2.45, 2.75) is 32.9 Å². The second kappa shape index (κ2) is 8.96. The van der Waals surface area contributed by atoms with Crippen molar-refractivity contribution in [3.8, 4) is 11.5 Å². The minimum atomic E-state index is -0.0868. The Kier molecular flexibility index (Phi) is 6.40. The van der Waals surface area contributed by atoms with E-state index < -0.39 is 0 Å². The van der Waals surface area contributed by atoms with Crippen molar-refractivity contribution in [1.82, 2.24) is 4.90 Å². The summed E-state index contributed by atoms with van der Waals surface area (Å²) in [5, 5.41) is 0. The lowest BCUT2D eigenvalue weighted by atomic mass is 9.88. The lowest BCUT2D eigenvalue weighted by Crippen LogP contribution is -2.47. The molecule has 0 unspecified atom stereocenters. The van der Waals surface area contributed by atoms with Gasteiger partial charge in [-0.05, 0) is 30.0 Å². The summed E-state index contributed by atoms with van der Waals surface area (Å²) < 4.78 is 10.9. The normalized spacial score (nSPS) is 19.2. The van der Waals surface area contributed by atoms with Gasteiger partial charge >= 0.3 is 0 Å². The van der Waals surface area contributed by atoms with Crippen LogP contribution in [0.1, 0.15) is 25.0 Å². The number of ether oxygens (including phenoxy) is 2. The molecule has 1 amide bonds. The van der Waals surface area contributed by atoms with Crippen LogP contribution < -0.4 is 9.47 Å². The predicted octanol–water partition coefficient (Wildman–Crippen LogP) is 4.49. The molecular weight excluding hydrogens is 350 g/mol. The number of hydrogen-bond donors (Lipinski definition) is 0. The van der Waals surface area contributed by atoms with Crippen LogP contribution in [0.15, 0.2) is 60.7 Å². The van der Waals surface area contributed by atoms with Crippen molar-refractivity contribution < 1.29 is 14.3 Å². The van der Waals surface area contributed by atoms with Crippen molar-refractivity contribution in [2.24, 2.45) is 11.8 Å². The third kappa shape index (κ3) is 4.38. The van der Waals surface area contributed by atoms with Crippen LogP contribution >= 0.6 is 0 Å². The molecule has 1 heterocycles. The number of methoxy groups -OCH3 is 2. The van der Waals surface area contributed by atoms with E-state index in [9.17, 15) is 4.79 Å². The summed E-state index contributed by atoms with van der Waals surface area (Å²) in [5.74, 6) is 1.84. The first kappa shape index (κ1) is 20.0. The maximum Gasteiger partial charge on any atom is 0.230 e. The van der Waals surface area contributed by atoms with Gasteiger partial charge in [-0.2, -0.15) is 0 Å². The molecule has 2 aromatic rings. The minimum Gasteiger partial charge on any atom is -0.497 e. The molecule has 1 aliphatic heterocycles. The lowest BCUT2D eigenvalue weighted by Gasteiger charge is -2.37. The Morgan fingerprint density at radius 1 is 1.00 bits per heavy atom. The van der Waals surface area contributed by atoms with Gasteiger partial charge in [-0.15, -0.1) is 0 Å². The van der Waals surface area contributed by atoms with Gasteiger partial charge in [-0.3, -0.25) is 4.79 Å². The van der Waals surface area contributed by atoms with E-state index in [0.29, 0.717) is 6.54 Å². The smallest absolute Gasteiger partial charge is 0.230 e. The van der Waals surface area contributed by atoms with Crippen molar-refractivity contribution >= 4 is 5.91 Å². The molecule has 1 aliphatic rings. The highest BCUT2D eigenvalue weighted by atomic mass is 16.5. The van der Waals surface area contributed by atoms with Crippen molar-refractivity contribution in [2.75, 3.05) is 14.2 Å². The molecule has 0 aromatic heterocycles. The van der Waals surface area contributed by atoms with Crippen molar-refractivity contribution in [3.63, 3.8) is 0 Å². The van der Waals surface area contributed by atoms with Crippen LogP contribution in [0.5, 0.6) is 11.5 Å². The fraction of sp³-hybridized carbons (Fsp3) is 0.375. The summed E-state index contributed by atoms with van der Waals surface area (Å²) in [5.41, 5.74) is 2.20. The average Bonchev–Trinajstić information content (AvgIpc) is 2.71. The van der Waals surface area contributed by atoms with Crippen molar-refractivity contribution in [3.05, 3.63) is 71.8 Å². The number of hydrogen-bond acceptors (Lipinski definition) is 3. The first-order valence-corrected chi connectivity index (χ1v) is 9.77. The molecule has 28 heavy (non-hydrogen) atoms. The van der Waals surface area contributed by atoms with Gasteiger partial charge in [-0.1, -0.05) is 56.3 Å². The Balaban J connectivity index is 1.91. The molecule has 0 radical (unpaired) electrons. The second-order valence-corrected chi connectivity index (χ2v) is 7.56. The molecule has 2 aromatic carbocycles. The van der Waals surface area contributed by atoms with E-state index in [1.54, 1.807) is 14.2 Å². The number of rotatable bonds is 7. The molecule has 0 saturated carbocycles. The molecule has 4 nitrogen and oxygen atoms in total. The van der Waals surface area contributed by atoms with Gasteiger partial charge in [0.2, 0.25) is 5.91 Å². The summed E-state index contributed by atoms with van der Waals surface area (Å²) in [6.07, 6.45) is 5.07. The van der Waals surface area contributed by atoms with Crippen LogP contribution in [-0.4, -0.2) is 31.1 Å². The summed E-state index contributed by atoms with van der Waals surface area (Å²) in [6.45, 7) is 4.70. The third-order valence-electron chi connectivity index (χ3n) is 5.35. The first-order valence-electron chi connectivity index (χ1n) is 9.77. The molecule has 0 saturated heterocycles. The molecule has 0 bridgehead atoms. The number of amides is 1. The van der Waals surface area contributed by atoms with E-state index in [4.69, 9.17) is 9.47 Å². The third-order valence-corrected chi connectivity index (χ3v) is 5.35. The summed E-state index contributed by atoms with van der Waals surface area (Å²) >= 11 is 0. The highest BCUT2D eigenvalue weighted by molar-refractivity contribution is 5.82. The molecule has 4 heteroatoms. The van der Waals surface area contributed by atoms with Gasteiger partial charge in [0.05, 0.1) is 26.2 Å². The largest absolute Gasteiger partial charge is 0.497 e. The van der Waals surface area contributed by atoms with Gasteiger partial charge in [-0.25, -0.2) is 0 Å². The van der Waals surface area contributed by atoms with E-state index in [-0.39, 0.29) is 23.8 Å².